The summed E-state index contributed by atoms with van der Waals surface area (Å²) in [5.74, 6) is 0.952. The van der Waals surface area contributed by atoms with Gasteiger partial charge in [-0.15, -0.1) is 0 Å². The summed E-state index contributed by atoms with van der Waals surface area (Å²) in [5.41, 5.74) is 3.50. The van der Waals surface area contributed by atoms with Crippen molar-refractivity contribution in [1.82, 2.24) is 4.90 Å². The third kappa shape index (κ3) is 2.67. The summed E-state index contributed by atoms with van der Waals surface area (Å²) in [6.45, 7) is 5.86. The number of hydrogen-bond donors (Lipinski definition) is 0. The highest BCUT2D eigenvalue weighted by atomic mass is 16.5. The number of likely N-dealkylation sites (N-methyl/N-ethyl adjacent to an activating group) is 1. The van der Waals surface area contributed by atoms with Gasteiger partial charge in [0.2, 0.25) is 0 Å². The second kappa shape index (κ2) is 5.99. The summed E-state index contributed by atoms with van der Waals surface area (Å²) >= 11 is 0. The molecule has 3 heteroatoms. The van der Waals surface area contributed by atoms with Crippen molar-refractivity contribution in [3.63, 3.8) is 0 Å². The number of likely N-dealkylation sites (tertiary alicyclic amines) is 1. The number of nitrogens with zero attached hydrogens (tertiary/aromatic N) is 1. The van der Waals surface area contributed by atoms with Crippen LogP contribution in [0.1, 0.15) is 41.8 Å². The van der Waals surface area contributed by atoms with Gasteiger partial charge in [-0.2, -0.15) is 0 Å². The summed E-state index contributed by atoms with van der Waals surface area (Å²) in [7, 11) is 2.24. The van der Waals surface area contributed by atoms with Gasteiger partial charge in [0.1, 0.15) is 5.75 Å². The lowest BCUT2D eigenvalue weighted by Crippen LogP contribution is -2.56. The molecule has 1 saturated heterocycles. The van der Waals surface area contributed by atoms with Gasteiger partial charge in [-0.25, -0.2) is 4.79 Å². The molecule has 130 valence electrons. The van der Waals surface area contributed by atoms with Crippen molar-refractivity contribution in [3.05, 3.63) is 65.2 Å². The minimum atomic E-state index is -0.296. The molecule has 0 spiro atoms. The predicted octanol–water partition coefficient (Wildman–Crippen LogP) is 4.06. The van der Waals surface area contributed by atoms with Gasteiger partial charge in [-0.05, 0) is 73.2 Å². The third-order valence-electron chi connectivity index (χ3n) is 6.48. The molecule has 25 heavy (non-hydrogen) atoms. The lowest BCUT2D eigenvalue weighted by atomic mass is 9.59. The number of carbonyl (C=O) groups is 1. The summed E-state index contributed by atoms with van der Waals surface area (Å²) in [6.07, 6.45) is 2.22. The van der Waals surface area contributed by atoms with Crippen LogP contribution < -0.4 is 4.74 Å². The van der Waals surface area contributed by atoms with E-state index in [1.807, 2.05) is 24.3 Å². The predicted molar refractivity (Wildman–Crippen MR) is 99.1 cm³/mol. The van der Waals surface area contributed by atoms with Crippen molar-refractivity contribution in [2.45, 2.75) is 38.1 Å². The van der Waals surface area contributed by atoms with Crippen LogP contribution in [0.15, 0.2) is 48.5 Å². The highest BCUT2D eigenvalue weighted by Gasteiger charge is 2.47. The molecule has 2 bridgehead atoms. The Kier molecular flexibility index (Phi) is 3.92. The Bertz CT molecular complexity index is 801. The maximum atomic E-state index is 12.4. The van der Waals surface area contributed by atoms with Crippen molar-refractivity contribution in [3.8, 4) is 5.75 Å². The molecule has 3 atom stereocenters. The fourth-order valence-corrected chi connectivity index (χ4v) is 4.62. The summed E-state index contributed by atoms with van der Waals surface area (Å²) < 4.78 is 5.66. The van der Waals surface area contributed by atoms with Crippen LogP contribution in [-0.4, -0.2) is 30.5 Å². The highest BCUT2D eigenvalue weighted by Crippen LogP contribution is 2.48. The van der Waals surface area contributed by atoms with Crippen LogP contribution in [0.2, 0.25) is 0 Å². The lowest BCUT2D eigenvalue weighted by molar-refractivity contribution is 0.0504. The minimum absolute atomic E-state index is 0.153. The fourth-order valence-electron chi connectivity index (χ4n) is 4.62. The number of rotatable bonds is 2. The Labute approximate surface area is 149 Å². The first-order valence-corrected chi connectivity index (χ1v) is 9.10. The molecule has 2 aromatic carbocycles. The van der Waals surface area contributed by atoms with Crippen LogP contribution >= 0.6 is 0 Å². The SMILES string of the molecule is C[C@H]1C2Cc3ccc(OC(=O)c4ccccc4)cc3[C@]1(C)CCN2C. The number of piperidine rings is 1. The molecule has 4 rings (SSSR count). The van der Waals surface area contributed by atoms with E-state index in [2.05, 4.69) is 37.9 Å². The molecule has 3 nitrogen and oxygen atoms in total. The first kappa shape index (κ1) is 16.3. The average Bonchev–Trinajstić information content (AvgIpc) is 2.63. The van der Waals surface area contributed by atoms with E-state index in [0.29, 0.717) is 23.3 Å². The van der Waals surface area contributed by atoms with Crippen LogP contribution in [0.3, 0.4) is 0 Å². The van der Waals surface area contributed by atoms with E-state index in [0.717, 1.165) is 19.4 Å². The van der Waals surface area contributed by atoms with E-state index in [1.165, 1.54) is 11.1 Å². The largest absolute Gasteiger partial charge is 0.423 e. The smallest absolute Gasteiger partial charge is 0.343 e. The Balaban J connectivity index is 1.65. The number of fused-ring (bicyclic) bond motifs is 4. The van der Waals surface area contributed by atoms with Gasteiger partial charge in [-0.3, -0.25) is 0 Å². The number of esters is 1. The van der Waals surface area contributed by atoms with Gasteiger partial charge < -0.3 is 9.64 Å². The molecule has 1 heterocycles. The van der Waals surface area contributed by atoms with Crippen LogP contribution in [-0.2, 0) is 11.8 Å². The molecule has 1 fully saturated rings. The summed E-state index contributed by atoms with van der Waals surface area (Å²) in [6, 6.07) is 16.0. The van der Waals surface area contributed by atoms with E-state index < -0.39 is 0 Å². The van der Waals surface area contributed by atoms with Crippen molar-refractivity contribution in [2.24, 2.45) is 5.92 Å². The monoisotopic (exact) mass is 335 g/mol. The normalized spacial score (nSPS) is 28.3. The molecular weight excluding hydrogens is 310 g/mol. The van der Waals surface area contributed by atoms with Crippen molar-refractivity contribution in [1.29, 1.82) is 0 Å². The zero-order valence-corrected chi connectivity index (χ0v) is 15.2. The number of hydrogen-bond acceptors (Lipinski definition) is 3. The first-order valence-electron chi connectivity index (χ1n) is 9.10. The van der Waals surface area contributed by atoms with Gasteiger partial charge in [0.25, 0.3) is 0 Å². The Morgan fingerprint density at radius 1 is 1.20 bits per heavy atom. The van der Waals surface area contributed by atoms with Crippen molar-refractivity contribution in [2.75, 3.05) is 13.6 Å². The van der Waals surface area contributed by atoms with Crippen LogP contribution in [0.4, 0.5) is 0 Å². The van der Waals surface area contributed by atoms with Crippen molar-refractivity contribution >= 4 is 5.97 Å². The minimum Gasteiger partial charge on any atom is -0.423 e. The zero-order valence-electron chi connectivity index (χ0n) is 15.2. The maximum Gasteiger partial charge on any atom is 0.343 e. The number of carbonyl (C=O) groups excluding carboxylic acids is 1. The molecule has 0 N–H and O–H groups in total. The van der Waals surface area contributed by atoms with Gasteiger partial charge in [0, 0.05) is 6.04 Å². The zero-order chi connectivity index (χ0) is 17.6. The topological polar surface area (TPSA) is 29.5 Å². The molecule has 2 aromatic rings. The third-order valence-corrected chi connectivity index (χ3v) is 6.48. The molecule has 2 aliphatic rings. The molecule has 1 aliphatic carbocycles. The van der Waals surface area contributed by atoms with E-state index in [4.69, 9.17) is 4.74 Å². The van der Waals surface area contributed by atoms with Crippen LogP contribution in [0.25, 0.3) is 0 Å². The number of ether oxygens (including phenoxy) is 1. The highest BCUT2D eigenvalue weighted by molar-refractivity contribution is 5.91. The van der Waals surface area contributed by atoms with E-state index in [-0.39, 0.29) is 11.4 Å². The molecule has 1 aliphatic heterocycles. The summed E-state index contributed by atoms with van der Waals surface area (Å²) in [4.78, 5) is 14.9. The van der Waals surface area contributed by atoms with Gasteiger partial charge in [0.05, 0.1) is 5.56 Å². The second-order valence-electron chi connectivity index (χ2n) is 7.78. The molecule has 0 aromatic heterocycles. The molecule has 0 amide bonds. The van der Waals surface area contributed by atoms with Gasteiger partial charge in [-0.1, -0.05) is 38.1 Å². The Morgan fingerprint density at radius 2 is 1.96 bits per heavy atom. The molecule has 0 radical (unpaired) electrons. The van der Waals surface area contributed by atoms with Gasteiger partial charge >= 0.3 is 5.97 Å². The lowest BCUT2D eigenvalue weighted by Gasteiger charge is -2.53. The van der Waals surface area contributed by atoms with E-state index in [9.17, 15) is 4.79 Å². The summed E-state index contributed by atoms with van der Waals surface area (Å²) in [5, 5.41) is 0. The quantitative estimate of drug-likeness (QED) is 0.612. The second-order valence-corrected chi connectivity index (χ2v) is 7.78. The fraction of sp³-hybridized carbons (Fsp3) is 0.409. The first-order chi connectivity index (χ1) is 12.0. The maximum absolute atomic E-state index is 12.4. The van der Waals surface area contributed by atoms with E-state index in [1.54, 1.807) is 12.1 Å². The molecular formula is C22H25NO2. The molecule has 1 unspecified atom stereocenters. The van der Waals surface area contributed by atoms with Crippen molar-refractivity contribution < 1.29 is 9.53 Å². The standard InChI is InChI=1S/C22H25NO2/c1-15-20-13-17-9-10-18(25-21(24)16-7-5-4-6-8-16)14-19(17)22(15,2)11-12-23(20)3/h4-10,14-15,20H,11-13H2,1-3H3/t15-,20?,22+/m0/s1. The van der Waals surface area contributed by atoms with Crippen LogP contribution in [0, 0.1) is 5.92 Å². The number of benzene rings is 2. The Hall–Kier alpha value is -2.13. The van der Waals surface area contributed by atoms with Crippen LogP contribution in [0.5, 0.6) is 5.75 Å². The van der Waals surface area contributed by atoms with E-state index >= 15 is 0 Å². The Morgan fingerprint density at radius 3 is 2.72 bits per heavy atom. The average molecular weight is 335 g/mol. The van der Waals surface area contributed by atoms with Gasteiger partial charge in [0.15, 0.2) is 0 Å². The molecule has 0 saturated carbocycles.